The molecule has 3 rings (SSSR count). The Labute approximate surface area is 189 Å². The summed E-state index contributed by atoms with van der Waals surface area (Å²) in [6, 6.07) is 0.594. The van der Waals surface area contributed by atoms with Gasteiger partial charge in [-0.1, -0.05) is 95.8 Å². The summed E-state index contributed by atoms with van der Waals surface area (Å²) in [7, 11) is 0. The molecule has 2 N–H and O–H groups in total. The maximum Gasteiger partial charge on any atom is 0.251 e. The molecule has 0 aromatic carbocycles. The first-order chi connectivity index (χ1) is 15.1. The van der Waals surface area contributed by atoms with Crippen molar-refractivity contribution in [2.24, 2.45) is 5.92 Å². The van der Waals surface area contributed by atoms with Gasteiger partial charge in [-0.3, -0.25) is 9.59 Å². The molecule has 0 atom stereocenters. The second kappa shape index (κ2) is 14.1. The maximum atomic E-state index is 12.8. The number of amides is 2. The number of hydrogen-bond donors (Lipinski definition) is 2. The summed E-state index contributed by atoms with van der Waals surface area (Å²) in [5.41, 5.74) is 1.39. The minimum Gasteiger partial charge on any atom is -0.349 e. The van der Waals surface area contributed by atoms with Gasteiger partial charge < -0.3 is 10.6 Å². The highest BCUT2D eigenvalue weighted by Gasteiger charge is 2.19. The third kappa shape index (κ3) is 8.88. The third-order valence-corrected chi connectivity index (χ3v) is 6.24. The molecular weight excluding hydrogens is 384 g/mol. The van der Waals surface area contributed by atoms with Crippen molar-refractivity contribution in [2.75, 3.05) is 0 Å². The van der Waals surface area contributed by atoms with Crippen molar-refractivity contribution < 1.29 is 9.59 Å². The summed E-state index contributed by atoms with van der Waals surface area (Å²) in [6.45, 7) is 6.07. The van der Waals surface area contributed by atoms with Crippen molar-refractivity contribution in [2.45, 2.75) is 103 Å². The molecule has 0 bridgehead atoms. The molecule has 0 aliphatic heterocycles. The lowest BCUT2D eigenvalue weighted by Crippen LogP contribution is -2.37. The summed E-state index contributed by atoms with van der Waals surface area (Å²) in [5.74, 6) is 0.169. The van der Waals surface area contributed by atoms with E-state index >= 15 is 0 Å². The fourth-order valence-corrected chi connectivity index (χ4v) is 4.39. The van der Waals surface area contributed by atoms with Gasteiger partial charge in [-0.15, -0.1) is 0 Å². The molecule has 0 unspecified atom stereocenters. The zero-order valence-corrected chi connectivity index (χ0v) is 19.8. The number of hydrogen-bond acceptors (Lipinski definition) is 2. The summed E-state index contributed by atoms with van der Waals surface area (Å²) >= 11 is 0. The highest BCUT2D eigenvalue weighted by Crippen LogP contribution is 2.20. The standard InChI is InChI=1S/C25H36N2O2.C2H6/c1-19-15-17-20(24(28)26-22-11-4-2-5-12-22)9-8-10-21(18-16-19)25(29)27-23-13-6-3-7-14-23;1-2/h9-10,15-19,22-23H,2-8,11-14H2,1H3,(H,26,28)(H,27,29);1-2H3/b17-15-,18-16-,20-9+,21-10+;. The quantitative estimate of drug-likeness (QED) is 0.586. The van der Waals surface area contributed by atoms with Gasteiger partial charge in [0.2, 0.25) is 0 Å². The van der Waals surface area contributed by atoms with E-state index < -0.39 is 0 Å². The van der Waals surface area contributed by atoms with Gasteiger partial charge in [0.1, 0.15) is 0 Å². The van der Waals surface area contributed by atoms with Crippen molar-refractivity contribution in [3.8, 4) is 0 Å². The monoisotopic (exact) mass is 426 g/mol. The average molecular weight is 427 g/mol. The predicted molar refractivity (Wildman–Crippen MR) is 130 cm³/mol. The van der Waals surface area contributed by atoms with Crippen molar-refractivity contribution >= 4 is 11.8 Å². The zero-order chi connectivity index (χ0) is 22.5. The Morgan fingerprint density at radius 1 is 0.710 bits per heavy atom. The van der Waals surface area contributed by atoms with E-state index in [1.54, 1.807) is 0 Å². The molecule has 4 nitrogen and oxygen atoms in total. The van der Waals surface area contributed by atoms with Gasteiger partial charge in [0.25, 0.3) is 11.8 Å². The van der Waals surface area contributed by atoms with Crippen LogP contribution in [-0.2, 0) is 9.59 Å². The molecule has 0 heterocycles. The van der Waals surface area contributed by atoms with Gasteiger partial charge in [0.05, 0.1) is 0 Å². The molecule has 3 aliphatic rings. The van der Waals surface area contributed by atoms with Crippen LogP contribution in [0.2, 0.25) is 0 Å². The van der Waals surface area contributed by atoms with Crippen molar-refractivity contribution in [3.05, 3.63) is 47.6 Å². The zero-order valence-electron chi connectivity index (χ0n) is 19.8. The van der Waals surface area contributed by atoms with Gasteiger partial charge in [0, 0.05) is 23.2 Å². The third-order valence-electron chi connectivity index (χ3n) is 6.24. The van der Waals surface area contributed by atoms with Crippen LogP contribution in [0.15, 0.2) is 47.6 Å². The number of carbonyl (C=O) groups excluding carboxylic acids is 2. The molecule has 2 fully saturated rings. The van der Waals surface area contributed by atoms with Crippen LogP contribution >= 0.6 is 0 Å². The molecule has 31 heavy (non-hydrogen) atoms. The lowest BCUT2D eigenvalue weighted by atomic mass is 9.95. The maximum absolute atomic E-state index is 12.8. The van der Waals surface area contributed by atoms with Crippen molar-refractivity contribution in [3.63, 3.8) is 0 Å². The Morgan fingerprint density at radius 2 is 1.10 bits per heavy atom. The van der Waals surface area contributed by atoms with Crippen LogP contribution in [0.5, 0.6) is 0 Å². The first-order valence-electron chi connectivity index (χ1n) is 12.5. The first-order valence-corrected chi connectivity index (χ1v) is 12.5. The Kier molecular flexibility index (Phi) is 11.4. The molecule has 2 saturated carbocycles. The molecule has 0 aromatic rings. The van der Waals surface area contributed by atoms with Crippen LogP contribution in [0.25, 0.3) is 0 Å². The van der Waals surface area contributed by atoms with Gasteiger partial charge in [-0.25, -0.2) is 0 Å². The Balaban J connectivity index is 0.00000166. The fraction of sp³-hybridized carbons (Fsp3) is 0.630. The molecule has 3 aliphatic carbocycles. The van der Waals surface area contributed by atoms with Gasteiger partial charge in [0.15, 0.2) is 0 Å². The lowest BCUT2D eigenvalue weighted by Gasteiger charge is -2.23. The fourth-order valence-electron chi connectivity index (χ4n) is 4.39. The summed E-state index contributed by atoms with van der Waals surface area (Å²) in [5, 5.41) is 6.40. The summed E-state index contributed by atoms with van der Waals surface area (Å²) in [4.78, 5) is 25.5. The van der Waals surface area contributed by atoms with Crippen LogP contribution < -0.4 is 10.6 Å². The Hall–Kier alpha value is -2.10. The molecule has 172 valence electrons. The number of nitrogens with one attached hydrogen (secondary N) is 2. The van der Waals surface area contributed by atoms with Crippen LogP contribution in [0.3, 0.4) is 0 Å². The normalized spacial score (nSPS) is 28.4. The van der Waals surface area contributed by atoms with Crippen LogP contribution in [0.4, 0.5) is 0 Å². The van der Waals surface area contributed by atoms with Gasteiger partial charge in [-0.2, -0.15) is 0 Å². The van der Waals surface area contributed by atoms with E-state index in [1.165, 1.54) is 38.5 Å². The minimum absolute atomic E-state index is 0.00603. The number of allylic oxidation sites excluding steroid dienone is 4. The predicted octanol–water partition coefficient (Wildman–Crippen LogP) is 5.92. The topological polar surface area (TPSA) is 58.2 Å². The van der Waals surface area contributed by atoms with E-state index in [0.717, 1.165) is 25.7 Å². The SMILES string of the molecule is CC.CC1/C=C\C(C(=O)NC2CCCCC2)=C/C/C=C(C(=O)NC2CCCCC2)\C=C/1. The highest BCUT2D eigenvalue weighted by atomic mass is 16.2. The van der Waals surface area contributed by atoms with E-state index in [9.17, 15) is 9.59 Å². The second-order valence-electron chi connectivity index (χ2n) is 8.75. The van der Waals surface area contributed by atoms with Crippen LogP contribution in [-0.4, -0.2) is 23.9 Å². The minimum atomic E-state index is 0.00603. The molecule has 2 amide bonds. The van der Waals surface area contributed by atoms with E-state index in [1.807, 2.05) is 50.3 Å². The Bertz CT molecular complexity index is 632. The van der Waals surface area contributed by atoms with E-state index in [4.69, 9.17) is 0 Å². The molecule has 4 heteroatoms. The number of carbonyl (C=O) groups is 2. The molecule has 0 radical (unpaired) electrons. The number of rotatable bonds is 4. The van der Waals surface area contributed by atoms with Gasteiger partial charge >= 0.3 is 0 Å². The van der Waals surface area contributed by atoms with Crippen molar-refractivity contribution in [1.29, 1.82) is 0 Å². The average Bonchev–Trinajstić information content (AvgIpc) is 2.80. The highest BCUT2D eigenvalue weighted by molar-refractivity contribution is 5.97. The van der Waals surface area contributed by atoms with E-state index in [-0.39, 0.29) is 17.7 Å². The summed E-state index contributed by atoms with van der Waals surface area (Å²) < 4.78 is 0. The van der Waals surface area contributed by atoms with E-state index in [0.29, 0.717) is 29.7 Å². The lowest BCUT2D eigenvalue weighted by molar-refractivity contribution is -0.118. The molecule has 0 aromatic heterocycles. The largest absolute Gasteiger partial charge is 0.349 e. The molecule has 0 spiro atoms. The smallest absolute Gasteiger partial charge is 0.251 e. The first kappa shape index (κ1) is 25.2. The Morgan fingerprint density at radius 3 is 1.48 bits per heavy atom. The van der Waals surface area contributed by atoms with Crippen LogP contribution in [0, 0.1) is 5.92 Å². The van der Waals surface area contributed by atoms with Crippen LogP contribution in [0.1, 0.15) is 91.4 Å². The van der Waals surface area contributed by atoms with Crippen molar-refractivity contribution in [1.82, 2.24) is 10.6 Å². The van der Waals surface area contributed by atoms with E-state index in [2.05, 4.69) is 17.6 Å². The summed E-state index contributed by atoms with van der Waals surface area (Å²) in [6.07, 6.45) is 24.0. The molecule has 0 saturated heterocycles. The van der Waals surface area contributed by atoms with Gasteiger partial charge in [-0.05, 0) is 38.0 Å². The molecular formula is C27H42N2O2. The second-order valence-corrected chi connectivity index (χ2v) is 8.75.